The number of ketones is 2. The van der Waals surface area contributed by atoms with Gasteiger partial charge in [0.2, 0.25) is 0 Å². The molecule has 0 radical (unpaired) electrons. The molecule has 4 rings (SSSR count). The van der Waals surface area contributed by atoms with Crippen LogP contribution in [-0.4, -0.2) is 11.6 Å². The Labute approximate surface area is 145 Å². The smallest absolute Gasteiger partial charge is 0.198 e. The zero-order chi connectivity index (χ0) is 17.4. The Morgan fingerprint density at radius 2 is 1.28 bits per heavy atom. The van der Waals surface area contributed by atoms with E-state index in [1.807, 2.05) is 37.3 Å². The summed E-state index contributed by atoms with van der Waals surface area (Å²) in [6, 6.07) is 21.9. The summed E-state index contributed by atoms with van der Waals surface area (Å²) < 4.78 is 6.06. The summed E-state index contributed by atoms with van der Waals surface area (Å²) in [4.78, 5) is 25.7. The highest BCUT2D eigenvalue weighted by molar-refractivity contribution is 6.29. The third kappa shape index (κ3) is 2.54. The van der Waals surface area contributed by atoms with Gasteiger partial charge in [-0.3, -0.25) is 9.59 Å². The lowest BCUT2D eigenvalue weighted by molar-refractivity contribution is 0.0973. The molecule has 122 valence electrons. The lowest BCUT2D eigenvalue weighted by Crippen LogP contribution is -2.22. The van der Waals surface area contributed by atoms with Crippen molar-refractivity contribution < 1.29 is 14.3 Å². The van der Waals surface area contributed by atoms with Crippen molar-refractivity contribution in [2.24, 2.45) is 0 Å². The summed E-state index contributed by atoms with van der Waals surface area (Å²) in [6.07, 6.45) is -0.229. The van der Waals surface area contributed by atoms with Crippen molar-refractivity contribution in [2.45, 2.75) is 13.0 Å². The maximum Gasteiger partial charge on any atom is 0.198 e. The number of ether oxygens (including phenoxy) is 1. The van der Waals surface area contributed by atoms with E-state index >= 15 is 0 Å². The van der Waals surface area contributed by atoms with Crippen molar-refractivity contribution >= 4 is 11.6 Å². The normalized spacial score (nSPS) is 13.8. The molecule has 0 saturated heterocycles. The molecule has 1 aliphatic rings. The fourth-order valence-corrected chi connectivity index (χ4v) is 3.19. The van der Waals surface area contributed by atoms with E-state index in [2.05, 4.69) is 0 Å². The molecule has 1 atom stereocenters. The zero-order valence-corrected chi connectivity index (χ0v) is 13.7. The average Bonchev–Trinajstić information content (AvgIpc) is 2.66. The van der Waals surface area contributed by atoms with Crippen molar-refractivity contribution in [1.82, 2.24) is 0 Å². The van der Waals surface area contributed by atoms with Crippen LogP contribution in [0.1, 0.15) is 50.4 Å². The fraction of sp³-hybridized carbons (Fsp3) is 0.0909. The van der Waals surface area contributed by atoms with Crippen LogP contribution in [0.25, 0.3) is 0 Å². The molecule has 1 unspecified atom stereocenters. The molecule has 3 nitrogen and oxygen atoms in total. The number of carbonyl (C=O) groups is 2. The Morgan fingerprint density at radius 1 is 0.680 bits per heavy atom. The van der Waals surface area contributed by atoms with Crippen LogP contribution in [0.4, 0.5) is 0 Å². The van der Waals surface area contributed by atoms with E-state index in [1.165, 1.54) is 0 Å². The lowest BCUT2D eigenvalue weighted by Gasteiger charge is -2.22. The van der Waals surface area contributed by atoms with E-state index in [-0.39, 0.29) is 17.7 Å². The largest absolute Gasteiger partial charge is 0.485 e. The Morgan fingerprint density at radius 3 is 2.00 bits per heavy atom. The highest BCUT2D eigenvalue weighted by Gasteiger charge is 2.32. The minimum absolute atomic E-state index is 0.136. The van der Waals surface area contributed by atoms with Crippen LogP contribution in [0.15, 0.2) is 72.8 Å². The van der Waals surface area contributed by atoms with Gasteiger partial charge in [0.25, 0.3) is 0 Å². The standard InChI is InChI=1S/C22H16O3/c1-14(15-8-3-2-4-9-15)25-19-13-7-12-18-20(19)22(24)17-11-6-5-10-16(17)21(18)23/h2-14H,1H3. The number of carbonyl (C=O) groups excluding carboxylic acids is 2. The Bertz CT molecular complexity index is 974. The summed E-state index contributed by atoms with van der Waals surface area (Å²) >= 11 is 0. The van der Waals surface area contributed by atoms with Gasteiger partial charge >= 0.3 is 0 Å². The number of hydrogen-bond donors (Lipinski definition) is 0. The van der Waals surface area contributed by atoms with E-state index in [0.29, 0.717) is 28.0 Å². The monoisotopic (exact) mass is 328 g/mol. The number of benzene rings is 3. The van der Waals surface area contributed by atoms with E-state index in [0.717, 1.165) is 5.56 Å². The first-order valence-corrected chi connectivity index (χ1v) is 8.20. The highest BCUT2D eigenvalue weighted by atomic mass is 16.5. The first-order valence-electron chi connectivity index (χ1n) is 8.20. The van der Waals surface area contributed by atoms with Gasteiger partial charge in [0.15, 0.2) is 11.6 Å². The van der Waals surface area contributed by atoms with Gasteiger partial charge < -0.3 is 4.74 Å². The van der Waals surface area contributed by atoms with Crippen LogP contribution in [0.5, 0.6) is 5.75 Å². The van der Waals surface area contributed by atoms with E-state index in [1.54, 1.807) is 42.5 Å². The van der Waals surface area contributed by atoms with Gasteiger partial charge in [0, 0.05) is 16.7 Å². The van der Waals surface area contributed by atoms with Crippen molar-refractivity contribution in [3.8, 4) is 5.75 Å². The SMILES string of the molecule is CC(Oc1cccc2c1C(=O)c1ccccc1C2=O)c1ccccc1. The summed E-state index contributed by atoms with van der Waals surface area (Å²) in [5.74, 6) is 0.144. The number of hydrogen-bond acceptors (Lipinski definition) is 3. The summed E-state index contributed by atoms with van der Waals surface area (Å²) in [7, 11) is 0. The summed E-state index contributed by atoms with van der Waals surface area (Å²) in [5, 5.41) is 0. The summed E-state index contributed by atoms with van der Waals surface area (Å²) in [6.45, 7) is 1.93. The van der Waals surface area contributed by atoms with Crippen molar-refractivity contribution in [3.05, 3.63) is 101 Å². The average molecular weight is 328 g/mol. The van der Waals surface area contributed by atoms with Crippen LogP contribution in [0, 0.1) is 0 Å². The van der Waals surface area contributed by atoms with Gasteiger partial charge in [-0.15, -0.1) is 0 Å². The molecular formula is C22H16O3. The third-order valence-corrected chi connectivity index (χ3v) is 4.49. The maximum atomic E-state index is 13.0. The van der Waals surface area contributed by atoms with Crippen LogP contribution < -0.4 is 4.74 Å². The molecule has 3 aromatic rings. The Hall–Kier alpha value is -3.20. The summed E-state index contributed by atoms with van der Waals surface area (Å²) in [5.41, 5.74) is 2.65. The minimum Gasteiger partial charge on any atom is -0.485 e. The molecule has 0 aromatic heterocycles. The number of fused-ring (bicyclic) bond motifs is 2. The molecule has 0 fully saturated rings. The molecule has 0 heterocycles. The molecule has 25 heavy (non-hydrogen) atoms. The van der Waals surface area contributed by atoms with E-state index in [4.69, 9.17) is 4.74 Å². The molecule has 0 spiro atoms. The van der Waals surface area contributed by atoms with E-state index in [9.17, 15) is 9.59 Å². The van der Waals surface area contributed by atoms with Gasteiger partial charge in [-0.1, -0.05) is 66.7 Å². The molecule has 0 bridgehead atoms. The van der Waals surface area contributed by atoms with Crippen molar-refractivity contribution in [2.75, 3.05) is 0 Å². The molecule has 3 aromatic carbocycles. The first-order chi connectivity index (χ1) is 12.2. The molecule has 3 heteroatoms. The quantitative estimate of drug-likeness (QED) is 0.552. The maximum absolute atomic E-state index is 13.0. The Kier molecular flexibility index (Phi) is 3.69. The van der Waals surface area contributed by atoms with Crippen LogP contribution in [0.2, 0.25) is 0 Å². The second-order valence-corrected chi connectivity index (χ2v) is 6.05. The lowest BCUT2D eigenvalue weighted by atomic mass is 9.83. The van der Waals surface area contributed by atoms with Crippen molar-refractivity contribution in [1.29, 1.82) is 0 Å². The van der Waals surface area contributed by atoms with Gasteiger partial charge in [-0.25, -0.2) is 0 Å². The predicted octanol–water partition coefficient (Wildman–Crippen LogP) is 4.60. The molecule has 1 aliphatic carbocycles. The number of rotatable bonds is 3. The van der Waals surface area contributed by atoms with Crippen LogP contribution in [0.3, 0.4) is 0 Å². The van der Waals surface area contributed by atoms with Gasteiger partial charge in [0.05, 0.1) is 5.56 Å². The molecule has 0 amide bonds. The Balaban J connectivity index is 1.78. The second kappa shape index (κ2) is 6.02. The third-order valence-electron chi connectivity index (χ3n) is 4.49. The van der Waals surface area contributed by atoms with Gasteiger partial charge in [-0.05, 0) is 18.6 Å². The zero-order valence-electron chi connectivity index (χ0n) is 13.7. The fourth-order valence-electron chi connectivity index (χ4n) is 3.19. The highest BCUT2D eigenvalue weighted by Crippen LogP contribution is 2.35. The molecule has 0 N–H and O–H groups in total. The van der Waals surface area contributed by atoms with Gasteiger partial charge in [0.1, 0.15) is 11.9 Å². The van der Waals surface area contributed by atoms with Crippen molar-refractivity contribution in [3.63, 3.8) is 0 Å². The van der Waals surface area contributed by atoms with Gasteiger partial charge in [-0.2, -0.15) is 0 Å². The van der Waals surface area contributed by atoms with Crippen LogP contribution in [-0.2, 0) is 0 Å². The molecule has 0 saturated carbocycles. The van der Waals surface area contributed by atoms with E-state index < -0.39 is 0 Å². The topological polar surface area (TPSA) is 43.4 Å². The first kappa shape index (κ1) is 15.3. The molecular weight excluding hydrogens is 312 g/mol. The predicted molar refractivity (Wildman–Crippen MR) is 95.2 cm³/mol. The second-order valence-electron chi connectivity index (χ2n) is 6.05. The minimum atomic E-state index is -0.229. The van der Waals surface area contributed by atoms with Crippen LogP contribution >= 0.6 is 0 Å². The molecule has 0 aliphatic heterocycles.